The Morgan fingerprint density at radius 3 is 2.34 bits per heavy atom. The molecule has 0 aromatic carbocycles. The van der Waals surface area contributed by atoms with Crippen molar-refractivity contribution < 1.29 is 33.1 Å². The van der Waals surface area contributed by atoms with Crippen LogP contribution in [0.5, 0.6) is 5.19 Å². The summed E-state index contributed by atoms with van der Waals surface area (Å²) in [6.45, 7) is 12.3. The first-order valence-electron chi connectivity index (χ1n) is 11.0. The lowest BCUT2D eigenvalue weighted by Gasteiger charge is -2.33. The highest BCUT2D eigenvalue weighted by molar-refractivity contribution is 7.11. The van der Waals surface area contributed by atoms with Crippen LogP contribution in [0, 0.1) is 5.41 Å². The molecule has 0 radical (unpaired) electrons. The van der Waals surface area contributed by atoms with Gasteiger partial charge in [-0.25, -0.2) is 4.79 Å². The predicted molar refractivity (Wildman–Crippen MR) is 121 cm³/mol. The lowest BCUT2D eigenvalue weighted by atomic mass is 9.66. The second-order valence-electron chi connectivity index (χ2n) is 9.08. The van der Waals surface area contributed by atoms with E-state index in [1.165, 1.54) is 11.3 Å². The van der Waals surface area contributed by atoms with E-state index < -0.39 is 29.7 Å². The molecule has 1 fully saturated rings. The van der Waals surface area contributed by atoms with Crippen LogP contribution < -0.4 is 4.74 Å². The summed E-state index contributed by atoms with van der Waals surface area (Å²) >= 11 is 1.19. The van der Waals surface area contributed by atoms with Crippen LogP contribution in [0.1, 0.15) is 71.3 Å². The summed E-state index contributed by atoms with van der Waals surface area (Å²) in [5.41, 5.74) is -0.442. The number of hydrogen-bond acceptors (Lipinski definition) is 9. The van der Waals surface area contributed by atoms with E-state index in [0.717, 1.165) is 5.47 Å². The van der Waals surface area contributed by atoms with Gasteiger partial charge in [0, 0.05) is 5.38 Å². The van der Waals surface area contributed by atoms with Gasteiger partial charge in [-0.05, 0) is 66.3 Å². The molecule has 0 N–H and O–H groups in total. The van der Waals surface area contributed by atoms with Crippen molar-refractivity contribution in [2.75, 3.05) is 19.8 Å². The van der Waals surface area contributed by atoms with E-state index in [1.54, 1.807) is 19.2 Å². The molecule has 3 rings (SSSR count). The van der Waals surface area contributed by atoms with Crippen molar-refractivity contribution in [3.05, 3.63) is 22.6 Å². The maximum Gasteiger partial charge on any atom is 0.490 e. The van der Waals surface area contributed by atoms with Crippen LogP contribution in [-0.4, -0.2) is 55.1 Å². The van der Waals surface area contributed by atoms with Gasteiger partial charge in [-0.1, -0.05) is 17.4 Å². The van der Waals surface area contributed by atoms with Crippen LogP contribution >= 0.6 is 11.3 Å². The Morgan fingerprint density at radius 2 is 1.78 bits per heavy atom. The maximum atomic E-state index is 12.9. The summed E-state index contributed by atoms with van der Waals surface area (Å²) < 4.78 is 28.5. The summed E-state index contributed by atoms with van der Waals surface area (Å²) in [6.07, 6.45) is 3.63. The fourth-order valence-corrected chi connectivity index (χ4v) is 4.24. The largest absolute Gasteiger partial charge is 0.490 e. The molecule has 1 aromatic rings. The molecule has 176 valence electrons. The molecule has 1 aliphatic carbocycles. The third-order valence-corrected chi connectivity index (χ3v) is 7.10. The van der Waals surface area contributed by atoms with Crippen molar-refractivity contribution in [1.82, 2.24) is 4.98 Å². The van der Waals surface area contributed by atoms with Crippen molar-refractivity contribution in [2.24, 2.45) is 5.41 Å². The summed E-state index contributed by atoms with van der Waals surface area (Å²) in [4.78, 5) is 28.9. The van der Waals surface area contributed by atoms with Crippen molar-refractivity contribution in [1.29, 1.82) is 0 Å². The van der Waals surface area contributed by atoms with E-state index in [-0.39, 0.29) is 24.9 Å². The van der Waals surface area contributed by atoms with Gasteiger partial charge in [-0.3, -0.25) is 4.79 Å². The Bertz CT molecular complexity index is 865. The van der Waals surface area contributed by atoms with Crippen LogP contribution in [-0.2, 0) is 23.6 Å². The first kappa shape index (κ1) is 24.7. The molecule has 2 heterocycles. The molecule has 1 saturated heterocycles. The average Bonchev–Trinajstić information content (AvgIpc) is 3.29. The van der Waals surface area contributed by atoms with Gasteiger partial charge in [-0.15, -0.1) is 0 Å². The van der Waals surface area contributed by atoms with E-state index in [2.05, 4.69) is 4.98 Å². The lowest BCUT2D eigenvalue weighted by Crippen LogP contribution is -2.41. The van der Waals surface area contributed by atoms with Gasteiger partial charge in [0.15, 0.2) is 5.69 Å². The molecule has 0 amide bonds. The number of ether oxygens (including phenoxy) is 3. The smallest absolute Gasteiger partial charge is 0.469 e. The Balaban J connectivity index is 1.71. The van der Waals surface area contributed by atoms with Crippen molar-refractivity contribution in [3.63, 3.8) is 0 Å². The zero-order valence-electron chi connectivity index (χ0n) is 19.7. The number of carbonyl (C=O) groups is 2. The number of carbonyl (C=O) groups excluding carboxylic acids is 2. The van der Waals surface area contributed by atoms with Crippen molar-refractivity contribution >= 4 is 30.4 Å². The maximum absolute atomic E-state index is 12.9. The van der Waals surface area contributed by atoms with Gasteiger partial charge in [-0.2, -0.15) is 4.98 Å². The molecule has 0 spiro atoms. The lowest BCUT2D eigenvalue weighted by molar-refractivity contribution is -0.158. The Labute approximate surface area is 193 Å². The topological polar surface area (TPSA) is 93.2 Å². The zero-order chi connectivity index (χ0) is 23.6. The third kappa shape index (κ3) is 5.02. The molecule has 2 aliphatic rings. The zero-order valence-corrected chi connectivity index (χ0v) is 20.5. The molecule has 10 heteroatoms. The van der Waals surface area contributed by atoms with Gasteiger partial charge >= 0.3 is 19.1 Å². The van der Waals surface area contributed by atoms with Crippen molar-refractivity contribution in [2.45, 2.75) is 72.0 Å². The minimum Gasteiger partial charge on any atom is -0.469 e. The van der Waals surface area contributed by atoms with Gasteiger partial charge in [0.2, 0.25) is 0 Å². The monoisotopic (exact) mass is 465 g/mol. The van der Waals surface area contributed by atoms with Crippen LogP contribution in [0.4, 0.5) is 0 Å². The van der Waals surface area contributed by atoms with Crippen LogP contribution in [0.2, 0.25) is 0 Å². The number of allylic oxidation sites excluding steroid dienone is 2. The highest BCUT2D eigenvalue weighted by Gasteiger charge is 2.53. The summed E-state index contributed by atoms with van der Waals surface area (Å²) in [6, 6.07) is 0. The number of esters is 2. The molecule has 32 heavy (non-hydrogen) atoms. The van der Waals surface area contributed by atoms with Crippen LogP contribution in [0.3, 0.4) is 0 Å². The SMILES string of the molecule is CCOC(=O)c1csc(OCC2(C(=O)OCC)CC=C(B3OC(C)(C)C(C)(C)O3)CC2)n1. The first-order valence-corrected chi connectivity index (χ1v) is 11.9. The first-order chi connectivity index (χ1) is 15.0. The van der Waals surface area contributed by atoms with E-state index in [9.17, 15) is 9.59 Å². The highest BCUT2D eigenvalue weighted by Crippen LogP contribution is 2.43. The molecule has 0 bridgehead atoms. The fourth-order valence-electron chi connectivity index (χ4n) is 3.60. The van der Waals surface area contributed by atoms with E-state index in [0.29, 0.717) is 31.1 Å². The summed E-state index contributed by atoms with van der Waals surface area (Å²) in [5.74, 6) is -0.794. The van der Waals surface area contributed by atoms with Gasteiger partial charge in [0.1, 0.15) is 12.0 Å². The Kier molecular flexibility index (Phi) is 7.36. The number of thiazole rings is 1. The molecule has 1 aromatic heterocycles. The number of rotatable bonds is 8. The second-order valence-corrected chi connectivity index (χ2v) is 9.90. The third-order valence-electron chi connectivity index (χ3n) is 6.35. The second kappa shape index (κ2) is 9.53. The molecule has 1 atom stereocenters. The summed E-state index contributed by atoms with van der Waals surface area (Å²) in [5, 5.41) is 1.90. The number of nitrogens with zero attached hydrogens (tertiary/aromatic N) is 1. The molecular weight excluding hydrogens is 433 g/mol. The Hall–Kier alpha value is -1.91. The number of aromatic nitrogens is 1. The Morgan fingerprint density at radius 1 is 1.12 bits per heavy atom. The molecule has 1 unspecified atom stereocenters. The molecule has 8 nitrogen and oxygen atoms in total. The van der Waals surface area contributed by atoms with E-state index >= 15 is 0 Å². The van der Waals surface area contributed by atoms with Gasteiger partial charge in [0.05, 0.1) is 24.4 Å². The normalized spacial score (nSPS) is 24.1. The molecular formula is C22H32BNO7S. The van der Waals surface area contributed by atoms with Crippen LogP contribution in [0.25, 0.3) is 0 Å². The van der Waals surface area contributed by atoms with Crippen molar-refractivity contribution in [3.8, 4) is 5.19 Å². The fraction of sp³-hybridized carbons (Fsp3) is 0.682. The summed E-state index contributed by atoms with van der Waals surface area (Å²) in [7, 11) is -0.424. The minimum atomic E-state index is -0.834. The standard InChI is InChI=1S/C22H32BNO7S/c1-7-27-17(25)16-13-32-19(24-16)29-14-22(18(26)28-8-2)11-9-15(10-12-22)23-30-20(3,4)21(5,6)31-23/h9,13H,7-8,10-12,14H2,1-6H3. The van der Waals surface area contributed by atoms with Gasteiger partial charge in [0.25, 0.3) is 5.19 Å². The minimum absolute atomic E-state index is 0.106. The molecule has 1 aliphatic heterocycles. The van der Waals surface area contributed by atoms with E-state index in [4.69, 9.17) is 23.5 Å². The number of hydrogen-bond donors (Lipinski definition) is 0. The predicted octanol–water partition coefficient (Wildman–Crippen LogP) is 3.99. The average molecular weight is 465 g/mol. The van der Waals surface area contributed by atoms with Crippen LogP contribution in [0.15, 0.2) is 16.9 Å². The molecule has 0 saturated carbocycles. The van der Waals surface area contributed by atoms with Gasteiger partial charge < -0.3 is 23.5 Å². The quantitative estimate of drug-likeness (QED) is 0.420. The highest BCUT2D eigenvalue weighted by atomic mass is 32.1. The van der Waals surface area contributed by atoms with E-state index in [1.807, 2.05) is 33.8 Å².